The van der Waals surface area contributed by atoms with E-state index in [1.807, 2.05) is 6.92 Å². The Morgan fingerprint density at radius 3 is 3.06 bits per heavy atom. The van der Waals surface area contributed by atoms with Crippen LogP contribution in [0.1, 0.15) is 17.2 Å². The Morgan fingerprint density at radius 2 is 2.38 bits per heavy atom. The topological polar surface area (TPSA) is 29.5 Å². The first-order valence-corrected chi connectivity index (χ1v) is 6.47. The number of hydrogen-bond acceptors (Lipinski definition) is 3. The molecule has 2 nitrogen and oxygen atoms in total. The fourth-order valence-corrected chi connectivity index (χ4v) is 2.71. The zero-order chi connectivity index (χ0) is 11.5. The lowest BCUT2D eigenvalue weighted by Gasteiger charge is -2.27. The SMILES string of the molecule is Cc1ccc(F)cc1C(O)C1CSCCO1. The molecule has 0 radical (unpaired) electrons. The molecule has 1 aliphatic heterocycles. The van der Waals surface area contributed by atoms with E-state index in [0.29, 0.717) is 12.2 Å². The number of halogens is 1. The third kappa shape index (κ3) is 2.56. The third-order valence-electron chi connectivity index (χ3n) is 2.75. The molecule has 1 aliphatic rings. The molecular weight excluding hydrogens is 227 g/mol. The molecule has 1 heterocycles. The first-order valence-electron chi connectivity index (χ1n) is 5.32. The Hall–Kier alpha value is -0.580. The summed E-state index contributed by atoms with van der Waals surface area (Å²) in [7, 11) is 0. The number of aliphatic hydroxyl groups excluding tert-OH is 1. The second-order valence-corrected chi connectivity index (χ2v) is 5.08. The van der Waals surface area contributed by atoms with Gasteiger partial charge in [0.25, 0.3) is 0 Å². The largest absolute Gasteiger partial charge is 0.386 e. The maximum Gasteiger partial charge on any atom is 0.123 e. The number of benzene rings is 1. The van der Waals surface area contributed by atoms with Gasteiger partial charge in [-0.15, -0.1) is 0 Å². The first-order chi connectivity index (χ1) is 7.68. The highest BCUT2D eigenvalue weighted by atomic mass is 32.2. The van der Waals surface area contributed by atoms with Gasteiger partial charge in [-0.3, -0.25) is 0 Å². The standard InChI is InChI=1S/C12H15FO2S/c1-8-2-3-9(13)6-10(8)12(14)11-7-16-5-4-15-11/h2-3,6,11-12,14H,4-5,7H2,1H3. The molecule has 1 fully saturated rings. The summed E-state index contributed by atoms with van der Waals surface area (Å²) < 4.78 is 18.6. The summed E-state index contributed by atoms with van der Waals surface area (Å²) in [4.78, 5) is 0. The summed E-state index contributed by atoms with van der Waals surface area (Å²) >= 11 is 1.76. The van der Waals surface area contributed by atoms with E-state index in [-0.39, 0.29) is 11.9 Å². The Morgan fingerprint density at radius 1 is 1.56 bits per heavy atom. The van der Waals surface area contributed by atoms with Crippen molar-refractivity contribution in [1.29, 1.82) is 0 Å². The van der Waals surface area contributed by atoms with Crippen molar-refractivity contribution >= 4 is 11.8 Å². The summed E-state index contributed by atoms with van der Waals surface area (Å²) in [6.45, 7) is 2.52. The molecule has 0 aromatic heterocycles. The van der Waals surface area contributed by atoms with Crippen LogP contribution in [0, 0.1) is 12.7 Å². The predicted molar refractivity (Wildman–Crippen MR) is 63.2 cm³/mol. The van der Waals surface area contributed by atoms with Crippen LogP contribution < -0.4 is 0 Å². The highest BCUT2D eigenvalue weighted by Gasteiger charge is 2.25. The Bertz CT molecular complexity index is 364. The van der Waals surface area contributed by atoms with Gasteiger partial charge in [0.1, 0.15) is 11.9 Å². The van der Waals surface area contributed by atoms with Crippen LogP contribution in [-0.4, -0.2) is 29.3 Å². The molecule has 0 bridgehead atoms. The van der Waals surface area contributed by atoms with Crippen LogP contribution in [0.5, 0.6) is 0 Å². The van der Waals surface area contributed by atoms with Gasteiger partial charge < -0.3 is 9.84 Å². The molecular formula is C12H15FO2S. The molecule has 0 amide bonds. The fraction of sp³-hybridized carbons (Fsp3) is 0.500. The van der Waals surface area contributed by atoms with Crippen LogP contribution in [0.25, 0.3) is 0 Å². The van der Waals surface area contributed by atoms with E-state index >= 15 is 0 Å². The number of aryl methyl sites for hydroxylation is 1. The molecule has 1 N–H and O–H groups in total. The monoisotopic (exact) mass is 242 g/mol. The highest BCUT2D eigenvalue weighted by molar-refractivity contribution is 7.99. The van der Waals surface area contributed by atoms with Gasteiger partial charge >= 0.3 is 0 Å². The molecule has 2 atom stereocenters. The predicted octanol–water partition coefficient (Wildman–Crippen LogP) is 2.30. The lowest BCUT2D eigenvalue weighted by atomic mass is 10.00. The van der Waals surface area contributed by atoms with Gasteiger partial charge in [-0.2, -0.15) is 11.8 Å². The molecule has 1 saturated heterocycles. The second kappa shape index (κ2) is 5.17. The van der Waals surface area contributed by atoms with Crippen molar-refractivity contribution in [2.45, 2.75) is 19.1 Å². The summed E-state index contributed by atoms with van der Waals surface area (Å²) in [5.74, 6) is 1.41. The molecule has 0 saturated carbocycles. The maximum atomic E-state index is 13.1. The van der Waals surface area contributed by atoms with Crippen molar-refractivity contribution in [2.75, 3.05) is 18.1 Å². The Labute approximate surface area is 98.8 Å². The van der Waals surface area contributed by atoms with E-state index in [4.69, 9.17) is 4.74 Å². The number of ether oxygens (including phenoxy) is 1. The van der Waals surface area contributed by atoms with Crippen molar-refractivity contribution in [3.8, 4) is 0 Å². The summed E-state index contributed by atoms with van der Waals surface area (Å²) in [5.41, 5.74) is 1.53. The van der Waals surface area contributed by atoms with Crippen LogP contribution in [0.3, 0.4) is 0 Å². The van der Waals surface area contributed by atoms with E-state index in [9.17, 15) is 9.50 Å². The van der Waals surface area contributed by atoms with Gasteiger partial charge in [-0.1, -0.05) is 6.07 Å². The van der Waals surface area contributed by atoms with Crippen molar-refractivity contribution in [3.05, 3.63) is 35.1 Å². The molecule has 2 unspecified atom stereocenters. The minimum absolute atomic E-state index is 0.223. The van der Waals surface area contributed by atoms with Gasteiger partial charge in [0, 0.05) is 11.5 Å². The molecule has 0 spiro atoms. The van der Waals surface area contributed by atoms with E-state index in [1.54, 1.807) is 17.8 Å². The van der Waals surface area contributed by atoms with E-state index in [1.165, 1.54) is 12.1 Å². The quantitative estimate of drug-likeness (QED) is 0.863. The first kappa shape index (κ1) is 11.9. The Balaban J connectivity index is 2.18. The van der Waals surface area contributed by atoms with Crippen molar-refractivity contribution < 1.29 is 14.2 Å². The zero-order valence-corrected chi connectivity index (χ0v) is 9.97. The summed E-state index contributed by atoms with van der Waals surface area (Å²) in [6, 6.07) is 4.48. The molecule has 16 heavy (non-hydrogen) atoms. The van der Waals surface area contributed by atoms with Crippen molar-refractivity contribution in [1.82, 2.24) is 0 Å². The summed E-state index contributed by atoms with van der Waals surface area (Å²) in [6.07, 6.45) is -0.956. The number of hydrogen-bond donors (Lipinski definition) is 1. The van der Waals surface area contributed by atoms with Crippen LogP contribution in [0.4, 0.5) is 4.39 Å². The van der Waals surface area contributed by atoms with Gasteiger partial charge in [0.15, 0.2) is 0 Å². The van der Waals surface area contributed by atoms with Gasteiger partial charge in [-0.05, 0) is 30.2 Å². The molecule has 4 heteroatoms. The van der Waals surface area contributed by atoms with Crippen LogP contribution in [0.2, 0.25) is 0 Å². The van der Waals surface area contributed by atoms with E-state index < -0.39 is 6.10 Å². The third-order valence-corrected chi connectivity index (χ3v) is 3.77. The lowest BCUT2D eigenvalue weighted by molar-refractivity contribution is -0.0231. The molecule has 1 aromatic rings. The zero-order valence-electron chi connectivity index (χ0n) is 9.15. The smallest absolute Gasteiger partial charge is 0.123 e. The van der Waals surface area contributed by atoms with Crippen LogP contribution in [0.15, 0.2) is 18.2 Å². The van der Waals surface area contributed by atoms with Crippen molar-refractivity contribution in [2.24, 2.45) is 0 Å². The second-order valence-electron chi connectivity index (χ2n) is 3.93. The summed E-state index contributed by atoms with van der Waals surface area (Å²) in [5, 5.41) is 10.1. The number of rotatable bonds is 2. The van der Waals surface area contributed by atoms with Gasteiger partial charge in [0.2, 0.25) is 0 Å². The average Bonchev–Trinajstić information content (AvgIpc) is 2.32. The fourth-order valence-electron chi connectivity index (χ4n) is 1.82. The lowest BCUT2D eigenvalue weighted by Crippen LogP contribution is -2.30. The van der Waals surface area contributed by atoms with E-state index in [0.717, 1.165) is 17.1 Å². The normalized spacial score (nSPS) is 23.1. The van der Waals surface area contributed by atoms with Gasteiger partial charge in [-0.25, -0.2) is 4.39 Å². The molecule has 0 aliphatic carbocycles. The minimum atomic E-state index is -0.733. The highest BCUT2D eigenvalue weighted by Crippen LogP contribution is 2.27. The maximum absolute atomic E-state index is 13.1. The van der Waals surface area contributed by atoms with E-state index in [2.05, 4.69) is 0 Å². The van der Waals surface area contributed by atoms with Crippen LogP contribution >= 0.6 is 11.8 Å². The minimum Gasteiger partial charge on any atom is -0.386 e. The van der Waals surface area contributed by atoms with Gasteiger partial charge in [0.05, 0.1) is 12.7 Å². The molecule has 1 aromatic carbocycles. The number of aliphatic hydroxyl groups is 1. The number of thioether (sulfide) groups is 1. The van der Waals surface area contributed by atoms with Crippen LogP contribution in [-0.2, 0) is 4.74 Å². The Kier molecular flexibility index (Phi) is 3.84. The molecule has 88 valence electrons. The average molecular weight is 242 g/mol. The van der Waals surface area contributed by atoms with Crippen molar-refractivity contribution in [3.63, 3.8) is 0 Å². The molecule has 2 rings (SSSR count).